The quantitative estimate of drug-likeness (QED) is 0.898. The molecule has 2 rings (SSSR count). The van der Waals surface area contributed by atoms with Gasteiger partial charge in [-0.15, -0.1) is 0 Å². The predicted molar refractivity (Wildman–Crippen MR) is 86.0 cm³/mol. The second-order valence-corrected chi connectivity index (χ2v) is 6.29. The molecule has 0 unspecified atom stereocenters. The van der Waals surface area contributed by atoms with Crippen LogP contribution < -0.4 is 20.1 Å². The summed E-state index contributed by atoms with van der Waals surface area (Å²) >= 11 is 0. The zero-order valence-corrected chi connectivity index (χ0v) is 14.0. The number of carbonyl (C=O) groups is 1. The third-order valence-electron chi connectivity index (χ3n) is 3.69. The van der Waals surface area contributed by atoms with Crippen molar-refractivity contribution < 1.29 is 14.3 Å². The standard InChI is InChI=1S/C17H21N3O3/c1-17(2,3)15-12(9-18)14(19-16(21)20-15)11-7-6-10(22-4)8-13(11)23-5/h6-8,14H,1-5H3,(H2,19,20,21)/t14-/m0/s1. The van der Waals surface area contributed by atoms with E-state index in [1.165, 1.54) is 0 Å². The summed E-state index contributed by atoms with van der Waals surface area (Å²) in [5.41, 5.74) is 1.44. The number of nitrogens with one attached hydrogen (secondary N) is 2. The summed E-state index contributed by atoms with van der Waals surface area (Å²) in [5.74, 6) is 1.20. The fourth-order valence-electron chi connectivity index (χ4n) is 2.57. The van der Waals surface area contributed by atoms with Crippen LogP contribution in [-0.2, 0) is 0 Å². The molecule has 1 aliphatic rings. The van der Waals surface area contributed by atoms with Crippen LogP contribution in [0.15, 0.2) is 29.5 Å². The number of nitriles is 1. The molecule has 1 aliphatic heterocycles. The first-order chi connectivity index (χ1) is 10.8. The van der Waals surface area contributed by atoms with Crippen molar-refractivity contribution in [2.75, 3.05) is 14.2 Å². The number of benzene rings is 1. The van der Waals surface area contributed by atoms with Crippen LogP contribution in [-0.4, -0.2) is 20.3 Å². The number of urea groups is 1. The first-order valence-electron chi connectivity index (χ1n) is 7.26. The number of carbonyl (C=O) groups excluding carboxylic acids is 1. The van der Waals surface area contributed by atoms with E-state index in [2.05, 4.69) is 16.7 Å². The lowest BCUT2D eigenvalue weighted by molar-refractivity contribution is 0.234. The monoisotopic (exact) mass is 315 g/mol. The van der Waals surface area contributed by atoms with Gasteiger partial charge in [0.15, 0.2) is 0 Å². The Kier molecular flexibility index (Phi) is 4.50. The molecule has 0 saturated heterocycles. The minimum absolute atomic E-state index is 0.336. The number of allylic oxidation sites excluding steroid dienone is 1. The van der Waals surface area contributed by atoms with Crippen molar-refractivity contribution in [1.82, 2.24) is 10.6 Å². The number of methoxy groups -OCH3 is 2. The Morgan fingerprint density at radius 2 is 1.91 bits per heavy atom. The van der Waals surface area contributed by atoms with E-state index in [9.17, 15) is 10.1 Å². The third-order valence-corrected chi connectivity index (χ3v) is 3.69. The third kappa shape index (κ3) is 3.24. The molecule has 1 aromatic carbocycles. The van der Waals surface area contributed by atoms with E-state index in [1.54, 1.807) is 32.4 Å². The van der Waals surface area contributed by atoms with Gasteiger partial charge in [0.05, 0.1) is 31.9 Å². The first kappa shape index (κ1) is 16.7. The molecule has 6 nitrogen and oxygen atoms in total. The molecule has 0 fully saturated rings. The highest BCUT2D eigenvalue weighted by Crippen LogP contribution is 2.38. The maximum absolute atomic E-state index is 12.1. The van der Waals surface area contributed by atoms with Gasteiger partial charge in [0.1, 0.15) is 11.5 Å². The van der Waals surface area contributed by atoms with Gasteiger partial charge >= 0.3 is 6.03 Å². The maximum Gasteiger partial charge on any atom is 0.319 e. The minimum atomic E-state index is -0.566. The number of nitrogens with zero attached hydrogens (tertiary/aromatic N) is 1. The Morgan fingerprint density at radius 1 is 1.22 bits per heavy atom. The molecule has 0 bridgehead atoms. The molecule has 1 atom stereocenters. The highest BCUT2D eigenvalue weighted by atomic mass is 16.5. The van der Waals surface area contributed by atoms with Crippen molar-refractivity contribution in [3.05, 3.63) is 35.0 Å². The van der Waals surface area contributed by atoms with Crippen LogP contribution in [0.1, 0.15) is 32.4 Å². The molecule has 0 saturated carbocycles. The van der Waals surface area contributed by atoms with Crippen LogP contribution in [0.2, 0.25) is 0 Å². The van der Waals surface area contributed by atoms with Crippen LogP contribution in [0.5, 0.6) is 11.5 Å². The Bertz CT molecular complexity index is 696. The van der Waals surface area contributed by atoms with Crippen molar-refractivity contribution >= 4 is 6.03 Å². The van der Waals surface area contributed by atoms with Crippen LogP contribution in [0.3, 0.4) is 0 Å². The smallest absolute Gasteiger partial charge is 0.319 e. The topological polar surface area (TPSA) is 83.4 Å². The average Bonchev–Trinajstić information content (AvgIpc) is 2.52. The molecule has 2 N–H and O–H groups in total. The number of rotatable bonds is 3. The van der Waals surface area contributed by atoms with Crippen molar-refractivity contribution in [2.45, 2.75) is 26.8 Å². The van der Waals surface area contributed by atoms with E-state index in [0.717, 1.165) is 0 Å². The summed E-state index contributed by atoms with van der Waals surface area (Å²) in [6.45, 7) is 5.86. The molecule has 122 valence electrons. The fraction of sp³-hybridized carbons (Fsp3) is 0.412. The lowest BCUT2D eigenvalue weighted by Gasteiger charge is -2.33. The van der Waals surface area contributed by atoms with E-state index in [4.69, 9.17) is 9.47 Å². The van der Waals surface area contributed by atoms with Crippen molar-refractivity contribution in [3.8, 4) is 17.6 Å². The normalized spacial score (nSPS) is 17.9. The zero-order chi connectivity index (χ0) is 17.2. The van der Waals surface area contributed by atoms with Crippen LogP contribution in [0.4, 0.5) is 4.79 Å². The molecule has 0 aromatic heterocycles. The maximum atomic E-state index is 12.1. The average molecular weight is 315 g/mol. The molecule has 1 aromatic rings. The Balaban J connectivity index is 2.62. The molecule has 2 amide bonds. The van der Waals surface area contributed by atoms with Crippen molar-refractivity contribution in [1.29, 1.82) is 5.26 Å². The summed E-state index contributed by atoms with van der Waals surface area (Å²) < 4.78 is 10.6. The lowest BCUT2D eigenvalue weighted by atomic mass is 9.84. The van der Waals surface area contributed by atoms with Gasteiger partial charge in [0.2, 0.25) is 0 Å². The van der Waals surface area contributed by atoms with Crippen molar-refractivity contribution in [3.63, 3.8) is 0 Å². The highest BCUT2D eigenvalue weighted by molar-refractivity contribution is 5.80. The molecule has 23 heavy (non-hydrogen) atoms. The van der Waals surface area contributed by atoms with Gasteiger partial charge in [-0.05, 0) is 12.1 Å². The Labute approximate surface area is 136 Å². The summed E-state index contributed by atoms with van der Waals surface area (Å²) in [7, 11) is 3.11. The minimum Gasteiger partial charge on any atom is -0.497 e. The Hall–Kier alpha value is -2.68. The second-order valence-electron chi connectivity index (χ2n) is 6.29. The summed E-state index contributed by atoms with van der Waals surface area (Å²) in [5, 5.41) is 15.2. The highest BCUT2D eigenvalue weighted by Gasteiger charge is 2.35. The molecule has 0 radical (unpaired) electrons. The predicted octanol–water partition coefficient (Wildman–Crippen LogP) is 2.88. The number of hydrogen-bond donors (Lipinski definition) is 2. The van der Waals surface area contributed by atoms with Gasteiger partial charge in [0.25, 0.3) is 0 Å². The Morgan fingerprint density at radius 3 is 2.43 bits per heavy atom. The fourth-order valence-corrected chi connectivity index (χ4v) is 2.57. The van der Waals surface area contributed by atoms with E-state index in [0.29, 0.717) is 28.3 Å². The van der Waals surface area contributed by atoms with Crippen LogP contribution in [0.25, 0.3) is 0 Å². The SMILES string of the molecule is COc1ccc([C@@H]2NC(=O)NC(C(C)(C)C)=C2C#N)c(OC)c1. The number of ether oxygens (including phenoxy) is 2. The molecule has 1 heterocycles. The molecule has 6 heteroatoms. The summed E-state index contributed by atoms with van der Waals surface area (Å²) in [6.07, 6.45) is 0. The summed E-state index contributed by atoms with van der Waals surface area (Å²) in [4.78, 5) is 12.1. The van der Waals surface area contributed by atoms with Crippen LogP contribution >= 0.6 is 0 Å². The largest absolute Gasteiger partial charge is 0.497 e. The zero-order valence-electron chi connectivity index (χ0n) is 14.0. The first-order valence-corrected chi connectivity index (χ1v) is 7.26. The van der Waals surface area contributed by atoms with Gasteiger partial charge < -0.3 is 20.1 Å². The van der Waals surface area contributed by atoms with E-state index in [1.807, 2.05) is 20.8 Å². The van der Waals surface area contributed by atoms with Gasteiger partial charge in [-0.3, -0.25) is 0 Å². The van der Waals surface area contributed by atoms with Crippen molar-refractivity contribution in [2.24, 2.45) is 5.41 Å². The van der Waals surface area contributed by atoms with Gasteiger partial charge in [-0.2, -0.15) is 5.26 Å². The number of hydrogen-bond acceptors (Lipinski definition) is 4. The molecule has 0 spiro atoms. The van der Waals surface area contributed by atoms with Gasteiger partial charge in [0, 0.05) is 22.7 Å². The molecular formula is C17H21N3O3. The van der Waals surface area contributed by atoms with Crippen LogP contribution in [0, 0.1) is 16.7 Å². The van der Waals surface area contributed by atoms with Gasteiger partial charge in [-0.1, -0.05) is 20.8 Å². The van der Waals surface area contributed by atoms with Gasteiger partial charge in [-0.25, -0.2) is 4.79 Å². The summed E-state index contributed by atoms with van der Waals surface area (Å²) in [6, 6.07) is 6.63. The van der Waals surface area contributed by atoms with E-state index >= 15 is 0 Å². The van der Waals surface area contributed by atoms with E-state index in [-0.39, 0.29) is 11.4 Å². The van der Waals surface area contributed by atoms with E-state index < -0.39 is 6.04 Å². The molecular weight excluding hydrogens is 294 g/mol. The second kappa shape index (κ2) is 6.21. The number of amides is 2. The lowest BCUT2D eigenvalue weighted by Crippen LogP contribution is -2.46. The molecule has 0 aliphatic carbocycles.